The van der Waals surface area contributed by atoms with Gasteiger partial charge in [0.25, 0.3) is 0 Å². The number of rotatable bonds is 9. The summed E-state index contributed by atoms with van der Waals surface area (Å²) in [5.74, 6) is -2.82. The van der Waals surface area contributed by atoms with Crippen LogP contribution in [0, 0.1) is 5.92 Å². The van der Waals surface area contributed by atoms with E-state index < -0.39 is 24.1 Å². The lowest BCUT2D eigenvalue weighted by Crippen LogP contribution is -2.39. The van der Waals surface area contributed by atoms with Gasteiger partial charge in [0.1, 0.15) is 0 Å². The maximum atomic E-state index is 9.77. The summed E-state index contributed by atoms with van der Waals surface area (Å²) in [7, 11) is 0. The van der Waals surface area contributed by atoms with E-state index in [2.05, 4.69) is 40.5 Å². The molecule has 0 bridgehead atoms. The summed E-state index contributed by atoms with van der Waals surface area (Å²) in [5, 5.41) is 37.4. The average molecular weight is 499 g/mol. The summed E-state index contributed by atoms with van der Waals surface area (Å²) in [6, 6.07) is 16.4. The molecule has 1 fully saturated rings. The van der Waals surface area contributed by atoms with Gasteiger partial charge in [-0.1, -0.05) is 59.6 Å². The Morgan fingerprint density at radius 2 is 1.64 bits per heavy atom. The Bertz CT molecular complexity index is 891. The van der Waals surface area contributed by atoms with Gasteiger partial charge in [0.05, 0.1) is 0 Å². The number of aliphatic hydroxyl groups excluding tert-OH is 2. The van der Waals surface area contributed by atoms with Gasteiger partial charge in [0.2, 0.25) is 0 Å². The average Bonchev–Trinajstić information content (AvgIpc) is 3.28. The number of carbonyl (C=O) groups is 2. The third kappa shape index (κ3) is 9.29. The van der Waals surface area contributed by atoms with Crippen LogP contribution in [0.3, 0.4) is 0 Å². The van der Waals surface area contributed by atoms with Crippen molar-refractivity contribution in [1.29, 1.82) is 0 Å². The van der Waals surface area contributed by atoms with Crippen molar-refractivity contribution < 1.29 is 30.0 Å². The normalized spacial score (nSPS) is 17.2. The second-order valence-electron chi connectivity index (χ2n) is 7.82. The lowest BCUT2D eigenvalue weighted by Gasteiger charge is -2.26. The third-order valence-electron chi connectivity index (χ3n) is 5.14. The van der Waals surface area contributed by atoms with E-state index in [0.717, 1.165) is 43.3 Å². The van der Waals surface area contributed by atoms with Crippen LogP contribution in [0.25, 0.3) is 0 Å². The quantitative estimate of drug-likeness (QED) is 0.356. The second kappa shape index (κ2) is 13.5. The van der Waals surface area contributed by atoms with E-state index >= 15 is 0 Å². The Kier molecular flexibility index (Phi) is 11.1. The number of hydrogen-bond donors (Lipinski definition) is 5. The van der Waals surface area contributed by atoms with Crippen molar-refractivity contribution in [3.63, 3.8) is 0 Å². The number of nitrogens with one attached hydrogen (secondary N) is 1. The molecule has 0 amide bonds. The minimum absolute atomic E-state index is 0.688. The number of carboxylic acids is 2. The minimum atomic E-state index is -2.27. The van der Waals surface area contributed by atoms with Crippen molar-refractivity contribution >= 4 is 35.1 Å². The maximum Gasteiger partial charge on any atom is 0.335 e. The van der Waals surface area contributed by atoms with Gasteiger partial charge in [-0.2, -0.15) is 0 Å². The maximum absolute atomic E-state index is 9.77. The molecule has 1 saturated heterocycles. The van der Waals surface area contributed by atoms with Crippen molar-refractivity contribution in [2.24, 2.45) is 5.92 Å². The highest BCUT2D eigenvalue weighted by atomic mass is 35.5. The van der Waals surface area contributed by atoms with E-state index in [1.54, 1.807) is 0 Å². The Morgan fingerprint density at radius 1 is 1.00 bits per heavy atom. The van der Waals surface area contributed by atoms with E-state index in [9.17, 15) is 9.59 Å². The fourth-order valence-corrected chi connectivity index (χ4v) is 3.89. The summed E-state index contributed by atoms with van der Waals surface area (Å²) >= 11 is 12.4. The van der Waals surface area contributed by atoms with Gasteiger partial charge in [-0.3, -0.25) is 4.90 Å². The molecule has 0 saturated carbocycles. The second-order valence-corrected chi connectivity index (χ2v) is 8.66. The zero-order valence-electron chi connectivity index (χ0n) is 17.9. The number of carboxylic acid groups (broad SMARTS) is 2. The summed E-state index contributed by atoms with van der Waals surface area (Å²) in [4.78, 5) is 22.0. The van der Waals surface area contributed by atoms with Crippen LogP contribution in [0.4, 0.5) is 0 Å². The topological polar surface area (TPSA) is 130 Å². The fraction of sp³-hybridized carbons (Fsp3) is 0.391. The first kappa shape index (κ1) is 27.0. The third-order valence-corrected chi connectivity index (χ3v) is 5.73. The van der Waals surface area contributed by atoms with Crippen LogP contribution in [0.2, 0.25) is 10.0 Å². The SMILES string of the molecule is Clc1ccc(CN(Cc2ccccc2)C[C@H]2CCNC2)c(Cl)c1.O=C(O)C(O)C(O)C(=O)O. The molecule has 0 radical (unpaired) electrons. The molecule has 0 aromatic heterocycles. The van der Waals surface area contributed by atoms with Crippen molar-refractivity contribution in [1.82, 2.24) is 10.2 Å². The molecule has 1 aliphatic rings. The summed E-state index contributed by atoms with van der Waals surface area (Å²) in [6.07, 6.45) is -3.28. The lowest BCUT2D eigenvalue weighted by molar-refractivity contribution is -0.165. The number of benzene rings is 2. The largest absolute Gasteiger partial charge is 0.479 e. The van der Waals surface area contributed by atoms with Crippen LogP contribution in [-0.4, -0.2) is 69.1 Å². The molecule has 180 valence electrons. The molecule has 2 aromatic rings. The highest BCUT2D eigenvalue weighted by Gasteiger charge is 2.29. The monoisotopic (exact) mass is 498 g/mol. The first-order chi connectivity index (χ1) is 15.7. The Hall–Kier alpha value is -2.20. The molecule has 3 atom stereocenters. The highest BCUT2D eigenvalue weighted by Crippen LogP contribution is 2.24. The van der Waals surface area contributed by atoms with Crippen molar-refractivity contribution in [2.45, 2.75) is 31.7 Å². The van der Waals surface area contributed by atoms with Crippen LogP contribution in [0.1, 0.15) is 17.5 Å². The molecule has 1 aliphatic heterocycles. The zero-order valence-corrected chi connectivity index (χ0v) is 19.4. The number of nitrogens with zero attached hydrogens (tertiary/aromatic N) is 1. The lowest BCUT2D eigenvalue weighted by atomic mass is 10.1. The molecule has 1 heterocycles. The first-order valence-corrected chi connectivity index (χ1v) is 11.2. The Morgan fingerprint density at radius 3 is 2.15 bits per heavy atom. The van der Waals surface area contributed by atoms with Gasteiger partial charge in [0, 0.05) is 29.7 Å². The van der Waals surface area contributed by atoms with E-state index in [1.165, 1.54) is 12.0 Å². The molecule has 2 unspecified atom stereocenters. The van der Waals surface area contributed by atoms with Crippen molar-refractivity contribution in [2.75, 3.05) is 19.6 Å². The predicted molar refractivity (Wildman–Crippen MR) is 125 cm³/mol. The van der Waals surface area contributed by atoms with Gasteiger partial charge < -0.3 is 25.7 Å². The Labute approximate surface area is 202 Å². The van der Waals surface area contributed by atoms with Gasteiger partial charge in [-0.15, -0.1) is 0 Å². The summed E-state index contributed by atoms with van der Waals surface area (Å²) in [6.45, 7) is 5.11. The standard InChI is InChI=1S/C19H22Cl2N2.C4H6O6/c20-18-7-6-17(19(21)10-18)14-23(13-16-8-9-22-11-16)12-15-4-2-1-3-5-15;5-1(3(7)8)2(6)4(9)10/h1-7,10,16,22H,8-9,11-14H2;1-2,5-6H,(H,7,8)(H,9,10)/t16-;/m0./s1. The number of halogens is 2. The molecule has 2 aromatic carbocycles. The van der Waals surface area contributed by atoms with E-state index in [4.69, 9.17) is 43.6 Å². The van der Waals surface area contributed by atoms with Gasteiger partial charge >= 0.3 is 11.9 Å². The summed E-state index contributed by atoms with van der Waals surface area (Å²) < 4.78 is 0. The smallest absolute Gasteiger partial charge is 0.335 e. The number of aliphatic carboxylic acids is 2. The van der Waals surface area contributed by atoms with E-state index in [1.807, 2.05) is 18.2 Å². The van der Waals surface area contributed by atoms with Crippen LogP contribution < -0.4 is 5.32 Å². The van der Waals surface area contributed by atoms with Crippen LogP contribution in [0.5, 0.6) is 0 Å². The van der Waals surface area contributed by atoms with Crippen LogP contribution in [-0.2, 0) is 22.7 Å². The van der Waals surface area contributed by atoms with E-state index in [0.29, 0.717) is 10.9 Å². The highest BCUT2D eigenvalue weighted by molar-refractivity contribution is 6.35. The van der Waals surface area contributed by atoms with Crippen LogP contribution in [0.15, 0.2) is 48.5 Å². The summed E-state index contributed by atoms with van der Waals surface area (Å²) in [5.41, 5.74) is 2.47. The number of aliphatic hydroxyl groups is 2. The predicted octanol–water partition coefficient (Wildman–Crippen LogP) is 2.48. The van der Waals surface area contributed by atoms with Crippen molar-refractivity contribution in [3.05, 3.63) is 69.7 Å². The minimum Gasteiger partial charge on any atom is -0.479 e. The molecule has 0 aliphatic carbocycles. The zero-order chi connectivity index (χ0) is 24.4. The molecule has 10 heteroatoms. The van der Waals surface area contributed by atoms with E-state index in [-0.39, 0.29) is 0 Å². The van der Waals surface area contributed by atoms with Gasteiger partial charge in [-0.25, -0.2) is 9.59 Å². The first-order valence-electron chi connectivity index (χ1n) is 10.4. The van der Waals surface area contributed by atoms with Gasteiger partial charge in [-0.05, 0) is 48.7 Å². The number of hydrogen-bond acceptors (Lipinski definition) is 6. The molecular formula is C23H28Cl2N2O6. The molecule has 3 rings (SSSR count). The Balaban J connectivity index is 0.000000328. The van der Waals surface area contributed by atoms with Crippen LogP contribution >= 0.6 is 23.2 Å². The molecule has 0 spiro atoms. The molecule has 5 N–H and O–H groups in total. The molecule has 8 nitrogen and oxygen atoms in total. The molecular weight excluding hydrogens is 471 g/mol. The fourth-order valence-electron chi connectivity index (χ4n) is 3.42. The van der Waals surface area contributed by atoms with Gasteiger partial charge in [0.15, 0.2) is 12.2 Å². The van der Waals surface area contributed by atoms with Crippen molar-refractivity contribution in [3.8, 4) is 0 Å². The molecule has 33 heavy (non-hydrogen) atoms.